The van der Waals surface area contributed by atoms with Gasteiger partial charge in [-0.25, -0.2) is 8.42 Å². The number of nitrogens with one attached hydrogen (secondary N) is 1. The Morgan fingerprint density at radius 3 is 2.03 bits per heavy atom. The Bertz CT molecular complexity index is 1160. The molecule has 1 aliphatic rings. The summed E-state index contributed by atoms with van der Waals surface area (Å²) in [4.78, 5) is 15.2. The van der Waals surface area contributed by atoms with Crippen molar-refractivity contribution in [1.82, 2.24) is 14.5 Å². The summed E-state index contributed by atoms with van der Waals surface area (Å²) in [5.41, 5.74) is 2.79. The minimum atomic E-state index is -3.44. The number of carbonyl (C=O) groups excluding carboxylic acids is 1. The summed E-state index contributed by atoms with van der Waals surface area (Å²) in [5, 5.41) is 3.03. The highest BCUT2D eigenvalue weighted by atomic mass is 32.2. The molecule has 7 heteroatoms. The molecule has 0 saturated carbocycles. The van der Waals surface area contributed by atoms with Crippen LogP contribution in [0.4, 0.5) is 0 Å². The maximum absolute atomic E-state index is 12.8. The Morgan fingerprint density at radius 2 is 1.42 bits per heavy atom. The van der Waals surface area contributed by atoms with Gasteiger partial charge in [-0.05, 0) is 42.3 Å². The predicted molar refractivity (Wildman–Crippen MR) is 129 cm³/mol. The van der Waals surface area contributed by atoms with Crippen LogP contribution in [0.5, 0.6) is 0 Å². The fraction of sp³-hybridized carbons (Fsp3) is 0.269. The van der Waals surface area contributed by atoms with E-state index in [9.17, 15) is 13.2 Å². The van der Waals surface area contributed by atoms with Crippen LogP contribution in [0, 0.1) is 0 Å². The molecule has 4 rings (SSSR count). The number of rotatable bonds is 7. The molecule has 1 amide bonds. The zero-order chi connectivity index (χ0) is 23.3. The van der Waals surface area contributed by atoms with Crippen molar-refractivity contribution in [2.24, 2.45) is 0 Å². The van der Waals surface area contributed by atoms with Gasteiger partial charge in [0.15, 0.2) is 0 Å². The largest absolute Gasteiger partial charge is 0.346 e. The number of hydrogen-bond acceptors (Lipinski definition) is 4. The van der Waals surface area contributed by atoms with Crippen LogP contribution in [-0.4, -0.2) is 49.7 Å². The van der Waals surface area contributed by atoms with Crippen molar-refractivity contribution in [2.45, 2.75) is 24.4 Å². The number of piperazine rings is 1. The zero-order valence-corrected chi connectivity index (χ0v) is 19.5. The second kappa shape index (κ2) is 10.3. The molecular weight excluding hydrogens is 434 g/mol. The molecule has 0 bridgehead atoms. The zero-order valence-electron chi connectivity index (χ0n) is 18.7. The Balaban J connectivity index is 1.30. The Labute approximate surface area is 195 Å². The molecule has 0 radical (unpaired) electrons. The van der Waals surface area contributed by atoms with Crippen molar-refractivity contribution in [2.75, 3.05) is 26.2 Å². The van der Waals surface area contributed by atoms with Gasteiger partial charge in [-0.3, -0.25) is 9.69 Å². The number of nitrogens with zero attached hydrogens (tertiary/aromatic N) is 2. The molecule has 1 aliphatic heterocycles. The lowest BCUT2D eigenvalue weighted by molar-refractivity contribution is 0.0940. The van der Waals surface area contributed by atoms with Gasteiger partial charge in [-0.1, -0.05) is 60.7 Å². The van der Waals surface area contributed by atoms with Gasteiger partial charge in [0, 0.05) is 38.3 Å². The van der Waals surface area contributed by atoms with Gasteiger partial charge in [0.1, 0.15) is 0 Å². The third-order valence-electron chi connectivity index (χ3n) is 5.98. The molecule has 0 spiro atoms. The first-order valence-electron chi connectivity index (χ1n) is 11.2. The molecule has 0 aromatic heterocycles. The first-order valence-corrected chi connectivity index (χ1v) is 12.6. The molecule has 1 unspecified atom stereocenters. The monoisotopic (exact) mass is 463 g/mol. The first kappa shape index (κ1) is 23.2. The fourth-order valence-corrected chi connectivity index (χ4v) is 5.44. The number of benzene rings is 3. The Morgan fingerprint density at radius 1 is 0.848 bits per heavy atom. The van der Waals surface area contributed by atoms with E-state index >= 15 is 0 Å². The maximum Gasteiger partial charge on any atom is 0.251 e. The maximum atomic E-state index is 12.8. The highest BCUT2D eigenvalue weighted by molar-refractivity contribution is 7.89. The summed E-state index contributed by atoms with van der Waals surface area (Å²) in [7, 11) is -3.44. The van der Waals surface area contributed by atoms with Gasteiger partial charge in [0.25, 0.3) is 5.91 Å². The van der Waals surface area contributed by atoms with E-state index in [-0.39, 0.29) is 11.9 Å². The molecule has 1 heterocycles. The Kier molecular flexibility index (Phi) is 7.23. The van der Waals surface area contributed by atoms with Gasteiger partial charge in [-0.2, -0.15) is 4.31 Å². The molecule has 1 N–H and O–H groups in total. The topological polar surface area (TPSA) is 69.7 Å². The number of sulfonamides is 1. The van der Waals surface area contributed by atoms with Gasteiger partial charge in [0.05, 0.1) is 10.9 Å². The molecule has 0 aliphatic carbocycles. The van der Waals surface area contributed by atoms with Crippen LogP contribution in [0.25, 0.3) is 0 Å². The molecule has 172 valence electrons. The normalized spacial score (nSPS) is 16.3. The van der Waals surface area contributed by atoms with E-state index in [1.165, 1.54) is 0 Å². The van der Waals surface area contributed by atoms with Gasteiger partial charge in [0.2, 0.25) is 10.0 Å². The van der Waals surface area contributed by atoms with Crippen molar-refractivity contribution in [1.29, 1.82) is 0 Å². The third kappa shape index (κ3) is 5.68. The van der Waals surface area contributed by atoms with E-state index in [2.05, 4.69) is 10.2 Å². The van der Waals surface area contributed by atoms with Crippen LogP contribution in [0.1, 0.15) is 34.5 Å². The highest BCUT2D eigenvalue weighted by Gasteiger charge is 2.28. The molecule has 1 fully saturated rings. The average molecular weight is 464 g/mol. The quantitative estimate of drug-likeness (QED) is 0.580. The smallest absolute Gasteiger partial charge is 0.251 e. The summed E-state index contributed by atoms with van der Waals surface area (Å²) in [6.45, 7) is 4.97. The lowest BCUT2D eigenvalue weighted by Gasteiger charge is -2.34. The molecule has 1 atom stereocenters. The molecule has 33 heavy (non-hydrogen) atoms. The Hall–Kier alpha value is -3.00. The van der Waals surface area contributed by atoms with Crippen molar-refractivity contribution < 1.29 is 13.2 Å². The van der Waals surface area contributed by atoms with Crippen molar-refractivity contribution >= 4 is 15.9 Å². The second-order valence-electron chi connectivity index (χ2n) is 8.30. The van der Waals surface area contributed by atoms with Crippen LogP contribution < -0.4 is 5.32 Å². The van der Waals surface area contributed by atoms with Crippen molar-refractivity contribution in [3.05, 3.63) is 102 Å². The lowest BCUT2D eigenvalue weighted by Crippen LogP contribution is -2.48. The van der Waals surface area contributed by atoms with Crippen LogP contribution >= 0.6 is 0 Å². The molecule has 3 aromatic carbocycles. The molecule has 6 nitrogen and oxygen atoms in total. The van der Waals surface area contributed by atoms with Crippen molar-refractivity contribution in [3.63, 3.8) is 0 Å². The summed E-state index contributed by atoms with van der Waals surface area (Å²) in [6, 6.07) is 26.0. The molecule has 1 saturated heterocycles. The van der Waals surface area contributed by atoms with E-state index in [1.54, 1.807) is 28.6 Å². The molecule has 3 aromatic rings. The second-order valence-corrected chi connectivity index (χ2v) is 10.2. The fourth-order valence-electron chi connectivity index (χ4n) is 3.99. The summed E-state index contributed by atoms with van der Waals surface area (Å²) in [6.07, 6.45) is 0. The third-order valence-corrected chi connectivity index (χ3v) is 7.89. The van der Waals surface area contributed by atoms with Crippen LogP contribution in [-0.2, 0) is 16.6 Å². The first-order chi connectivity index (χ1) is 15.9. The standard InChI is InChI=1S/C26H29N3O3S/c1-21(23-8-4-2-5-9-23)27-26(30)24-14-12-22(13-15-24)20-28-16-18-29(19-17-28)33(31,32)25-10-6-3-7-11-25/h2-15,21H,16-20H2,1H3,(H,27,30). The van der Waals surface area contributed by atoms with E-state index in [4.69, 9.17) is 0 Å². The number of carbonyl (C=O) groups is 1. The van der Waals surface area contributed by atoms with Gasteiger partial charge >= 0.3 is 0 Å². The van der Waals surface area contributed by atoms with E-state index < -0.39 is 10.0 Å². The average Bonchev–Trinajstić information content (AvgIpc) is 2.86. The minimum absolute atomic E-state index is 0.0677. The number of amides is 1. The predicted octanol–water partition coefficient (Wildman–Crippen LogP) is 3.68. The van der Waals surface area contributed by atoms with Crippen LogP contribution in [0.3, 0.4) is 0 Å². The number of hydrogen-bond donors (Lipinski definition) is 1. The van der Waals surface area contributed by atoms with E-state index in [0.717, 1.165) is 17.7 Å². The summed E-state index contributed by atoms with van der Waals surface area (Å²) < 4.78 is 27.1. The molecular formula is C26H29N3O3S. The summed E-state index contributed by atoms with van der Waals surface area (Å²) >= 11 is 0. The van der Waals surface area contributed by atoms with Crippen LogP contribution in [0.15, 0.2) is 89.8 Å². The SMILES string of the molecule is CC(NC(=O)c1ccc(CN2CCN(S(=O)(=O)c3ccccc3)CC2)cc1)c1ccccc1. The van der Waals surface area contributed by atoms with E-state index in [0.29, 0.717) is 36.6 Å². The minimum Gasteiger partial charge on any atom is -0.346 e. The van der Waals surface area contributed by atoms with Crippen molar-refractivity contribution in [3.8, 4) is 0 Å². The van der Waals surface area contributed by atoms with E-state index in [1.807, 2.05) is 67.6 Å². The lowest BCUT2D eigenvalue weighted by atomic mass is 10.1. The summed E-state index contributed by atoms with van der Waals surface area (Å²) in [5.74, 6) is -0.0994. The van der Waals surface area contributed by atoms with Gasteiger partial charge < -0.3 is 5.32 Å². The van der Waals surface area contributed by atoms with Gasteiger partial charge in [-0.15, -0.1) is 0 Å². The highest BCUT2D eigenvalue weighted by Crippen LogP contribution is 2.19. The van der Waals surface area contributed by atoms with Crippen LogP contribution in [0.2, 0.25) is 0 Å².